The zero-order valence-electron chi connectivity index (χ0n) is 4.02. The molecule has 1 amide bonds. The van der Waals surface area contributed by atoms with E-state index in [0.717, 1.165) is 0 Å². The van der Waals surface area contributed by atoms with Crippen LogP contribution in [0.5, 0.6) is 0 Å². The van der Waals surface area contributed by atoms with Crippen molar-refractivity contribution in [2.24, 2.45) is 0 Å². The number of nitrogens with one attached hydrogen (secondary N) is 3. The van der Waals surface area contributed by atoms with Gasteiger partial charge in [-0.3, -0.25) is 10.2 Å². The molecule has 0 saturated carbocycles. The molecule has 0 unspecified atom stereocenters. The number of carbonyl (C=O) groups excluding carboxylic acids is 1. The summed E-state index contributed by atoms with van der Waals surface area (Å²) in [4.78, 5) is 10.4. The molecule has 0 spiro atoms. The van der Waals surface area contributed by atoms with E-state index in [-0.39, 0.29) is 12.5 Å². The maximum Gasteiger partial charge on any atom is 0.241 e. The molecule has 3 N–H and O–H groups in total. The molecule has 4 nitrogen and oxygen atoms in total. The van der Waals surface area contributed by atoms with Gasteiger partial charge in [-0.1, -0.05) is 0 Å². The molecule has 0 aromatic heterocycles. The Morgan fingerprint density at radius 3 is 2.75 bits per heavy atom. The van der Waals surface area contributed by atoms with Gasteiger partial charge in [-0.15, -0.1) is 0 Å². The topological polar surface area (TPSA) is 53.2 Å². The average molecular weight is 131 g/mol. The fourth-order valence-electron chi connectivity index (χ4n) is 0.407. The van der Waals surface area contributed by atoms with Crippen molar-refractivity contribution in [1.82, 2.24) is 16.2 Å². The van der Waals surface area contributed by atoms with E-state index in [9.17, 15) is 4.79 Å². The molecule has 1 rings (SSSR count). The molecule has 44 valence electrons. The van der Waals surface area contributed by atoms with Crippen LogP contribution in [0.25, 0.3) is 0 Å². The van der Waals surface area contributed by atoms with Gasteiger partial charge in [0.2, 0.25) is 5.91 Å². The molecule has 1 saturated heterocycles. The molecule has 0 aromatic rings. The number of hydrogen-bond donors (Lipinski definition) is 3. The van der Waals surface area contributed by atoms with Gasteiger partial charge in [0, 0.05) is 0 Å². The molecule has 1 aliphatic rings. The second-order valence-electron chi connectivity index (χ2n) is 1.36. The third-order valence-corrected chi connectivity index (χ3v) is 0.908. The van der Waals surface area contributed by atoms with Gasteiger partial charge in [0.15, 0.2) is 5.11 Å². The van der Waals surface area contributed by atoms with Crippen LogP contribution in [0.15, 0.2) is 0 Å². The quantitative estimate of drug-likeness (QED) is 0.350. The van der Waals surface area contributed by atoms with Crippen LogP contribution in [-0.2, 0) is 4.79 Å². The standard InChI is InChI=1S/C3H5N3OS/c7-2-1-4-6-3(8)5-2/h4H,1H2,(H2,5,6,7,8). The Labute approximate surface area is 51.6 Å². The lowest BCUT2D eigenvalue weighted by atomic mass is 10.6. The zero-order valence-corrected chi connectivity index (χ0v) is 4.84. The minimum Gasteiger partial charge on any atom is -0.301 e. The fraction of sp³-hybridized carbons (Fsp3) is 0.333. The maximum atomic E-state index is 10.4. The smallest absolute Gasteiger partial charge is 0.241 e. The van der Waals surface area contributed by atoms with Crippen molar-refractivity contribution in [3.05, 3.63) is 0 Å². The summed E-state index contributed by atoms with van der Waals surface area (Å²) in [5.74, 6) is -0.103. The number of rotatable bonds is 0. The Kier molecular flexibility index (Phi) is 1.40. The van der Waals surface area contributed by atoms with Crippen LogP contribution in [0.1, 0.15) is 0 Å². The van der Waals surface area contributed by atoms with E-state index in [0.29, 0.717) is 5.11 Å². The molecule has 0 atom stereocenters. The molecule has 8 heavy (non-hydrogen) atoms. The molecule has 1 heterocycles. The Hall–Kier alpha value is -0.680. The summed E-state index contributed by atoms with van der Waals surface area (Å²) in [6, 6.07) is 0. The highest BCUT2D eigenvalue weighted by Crippen LogP contribution is 1.70. The van der Waals surface area contributed by atoms with Crippen LogP contribution in [0.3, 0.4) is 0 Å². The fourth-order valence-corrected chi connectivity index (χ4v) is 0.593. The normalized spacial score (nSPS) is 19.5. The summed E-state index contributed by atoms with van der Waals surface area (Å²) >= 11 is 4.58. The van der Waals surface area contributed by atoms with Crippen molar-refractivity contribution in [2.75, 3.05) is 6.54 Å². The molecule has 0 aliphatic carbocycles. The molecule has 1 aliphatic heterocycles. The van der Waals surface area contributed by atoms with Gasteiger partial charge in [0.25, 0.3) is 0 Å². The Morgan fingerprint density at radius 1 is 1.62 bits per heavy atom. The minimum absolute atomic E-state index is 0.103. The van der Waals surface area contributed by atoms with Crippen molar-refractivity contribution in [2.45, 2.75) is 0 Å². The SMILES string of the molecule is O=C1CNNC(=S)N1. The van der Waals surface area contributed by atoms with Crippen LogP contribution < -0.4 is 16.2 Å². The van der Waals surface area contributed by atoms with Crippen LogP contribution in [0.2, 0.25) is 0 Å². The van der Waals surface area contributed by atoms with Gasteiger partial charge in [-0.05, 0) is 12.2 Å². The van der Waals surface area contributed by atoms with Gasteiger partial charge in [-0.25, -0.2) is 5.43 Å². The second-order valence-corrected chi connectivity index (χ2v) is 1.76. The highest BCUT2D eigenvalue weighted by atomic mass is 32.1. The molecule has 5 heteroatoms. The van der Waals surface area contributed by atoms with Crippen LogP contribution in [-0.4, -0.2) is 17.6 Å². The second kappa shape index (κ2) is 2.06. The summed E-state index contributed by atoms with van der Waals surface area (Å²) in [6.07, 6.45) is 0. The monoisotopic (exact) mass is 131 g/mol. The predicted octanol–water partition coefficient (Wildman–Crippen LogP) is -1.50. The summed E-state index contributed by atoms with van der Waals surface area (Å²) in [6.45, 7) is 0.278. The van der Waals surface area contributed by atoms with Crippen molar-refractivity contribution in [1.29, 1.82) is 0 Å². The van der Waals surface area contributed by atoms with E-state index in [1.165, 1.54) is 0 Å². The maximum absolute atomic E-state index is 10.4. The Bertz CT molecular complexity index is 120. The highest BCUT2D eigenvalue weighted by Gasteiger charge is 2.07. The van der Waals surface area contributed by atoms with Crippen molar-refractivity contribution >= 4 is 23.2 Å². The molecule has 0 bridgehead atoms. The lowest BCUT2D eigenvalue weighted by molar-refractivity contribution is -0.119. The molecular weight excluding hydrogens is 126 g/mol. The number of hydrazine groups is 1. The van der Waals surface area contributed by atoms with Gasteiger partial charge < -0.3 is 5.32 Å². The van der Waals surface area contributed by atoms with Gasteiger partial charge in [0.1, 0.15) is 0 Å². The first kappa shape index (κ1) is 5.46. The molecular formula is C3H5N3OS. The first-order valence-electron chi connectivity index (χ1n) is 2.12. The lowest BCUT2D eigenvalue weighted by Crippen LogP contribution is -2.56. The van der Waals surface area contributed by atoms with Crippen molar-refractivity contribution in [3.8, 4) is 0 Å². The van der Waals surface area contributed by atoms with Gasteiger partial charge >= 0.3 is 0 Å². The number of thiocarbonyl (C=S) groups is 1. The Balaban J connectivity index is 2.45. The van der Waals surface area contributed by atoms with Crippen molar-refractivity contribution < 1.29 is 4.79 Å². The van der Waals surface area contributed by atoms with E-state index in [2.05, 4.69) is 28.4 Å². The highest BCUT2D eigenvalue weighted by molar-refractivity contribution is 7.80. The predicted molar refractivity (Wildman–Crippen MR) is 31.9 cm³/mol. The average Bonchev–Trinajstić information content (AvgIpc) is 1.64. The van der Waals surface area contributed by atoms with Gasteiger partial charge in [0.05, 0.1) is 6.54 Å². The summed E-state index contributed by atoms with van der Waals surface area (Å²) in [5, 5.41) is 2.73. The summed E-state index contributed by atoms with van der Waals surface area (Å²) < 4.78 is 0. The largest absolute Gasteiger partial charge is 0.301 e. The lowest BCUT2D eigenvalue weighted by Gasteiger charge is -2.14. The number of hydrogen-bond acceptors (Lipinski definition) is 3. The third-order valence-electron chi connectivity index (χ3n) is 0.704. The summed E-state index contributed by atoms with van der Waals surface area (Å²) in [5.41, 5.74) is 5.14. The van der Waals surface area contributed by atoms with Crippen LogP contribution in [0.4, 0.5) is 0 Å². The third kappa shape index (κ3) is 1.14. The van der Waals surface area contributed by atoms with E-state index in [1.54, 1.807) is 0 Å². The van der Waals surface area contributed by atoms with E-state index >= 15 is 0 Å². The van der Waals surface area contributed by atoms with Gasteiger partial charge in [-0.2, -0.15) is 0 Å². The summed E-state index contributed by atoms with van der Waals surface area (Å²) in [7, 11) is 0. The zero-order chi connectivity index (χ0) is 5.98. The van der Waals surface area contributed by atoms with Crippen molar-refractivity contribution in [3.63, 3.8) is 0 Å². The van der Waals surface area contributed by atoms with Crippen LogP contribution >= 0.6 is 12.2 Å². The van der Waals surface area contributed by atoms with E-state index in [4.69, 9.17) is 0 Å². The van der Waals surface area contributed by atoms with Crippen LogP contribution in [0, 0.1) is 0 Å². The minimum atomic E-state index is -0.103. The number of carbonyl (C=O) groups is 1. The molecule has 0 aromatic carbocycles. The van der Waals surface area contributed by atoms with E-state index in [1.807, 2.05) is 0 Å². The molecule has 1 fully saturated rings. The molecule has 0 radical (unpaired) electrons. The van der Waals surface area contributed by atoms with E-state index < -0.39 is 0 Å². The number of amides is 1. The first-order chi connectivity index (χ1) is 3.79. The first-order valence-corrected chi connectivity index (χ1v) is 2.52. The Morgan fingerprint density at radius 2 is 2.38 bits per heavy atom.